The van der Waals surface area contributed by atoms with Gasteiger partial charge in [-0.1, -0.05) is 47.9 Å². The molecule has 0 N–H and O–H groups in total. The second kappa shape index (κ2) is 6.07. The zero-order valence-corrected chi connectivity index (χ0v) is 11.1. The van der Waals surface area contributed by atoms with Crippen LogP contribution in [0.3, 0.4) is 0 Å². The summed E-state index contributed by atoms with van der Waals surface area (Å²) in [5.41, 5.74) is 12.3. The number of hydrogen-bond donors (Lipinski definition) is 0. The Morgan fingerprint density at radius 3 is 2.68 bits per heavy atom. The zero-order valence-electron chi connectivity index (χ0n) is 11.1. The number of hydrogen-bond acceptors (Lipinski definition) is 3. The van der Waals surface area contributed by atoms with Crippen molar-refractivity contribution >= 4 is 0 Å². The highest BCUT2D eigenvalue weighted by Gasteiger charge is 2.13. The van der Waals surface area contributed by atoms with Gasteiger partial charge in [-0.05, 0) is 24.4 Å². The van der Waals surface area contributed by atoms with Gasteiger partial charge in [0.1, 0.15) is 11.5 Å². The van der Waals surface area contributed by atoms with Crippen molar-refractivity contribution < 1.29 is 4.52 Å². The lowest BCUT2D eigenvalue weighted by atomic mass is 10.0. The van der Waals surface area contributed by atoms with Crippen LogP contribution < -0.4 is 0 Å². The van der Waals surface area contributed by atoms with E-state index in [0.717, 1.165) is 29.7 Å². The Morgan fingerprint density at radius 2 is 2.05 bits per heavy atom. The van der Waals surface area contributed by atoms with E-state index in [-0.39, 0.29) is 6.54 Å². The molecule has 5 nitrogen and oxygen atoms in total. The van der Waals surface area contributed by atoms with Gasteiger partial charge in [-0.25, -0.2) is 0 Å². The molecule has 0 bridgehead atoms. The van der Waals surface area contributed by atoms with Crippen LogP contribution in [0.5, 0.6) is 0 Å². The molecule has 5 heteroatoms. The minimum Gasteiger partial charge on any atom is -0.361 e. The van der Waals surface area contributed by atoms with E-state index in [2.05, 4.69) is 34.2 Å². The minimum absolute atomic E-state index is 0.262. The molecule has 0 radical (unpaired) electrons. The quantitative estimate of drug-likeness (QED) is 0.451. The Morgan fingerprint density at radius 1 is 1.32 bits per heavy atom. The summed E-state index contributed by atoms with van der Waals surface area (Å²) in [6.07, 6.45) is 2.20. The van der Waals surface area contributed by atoms with E-state index < -0.39 is 0 Å². The molecule has 19 heavy (non-hydrogen) atoms. The average Bonchev–Trinajstić information content (AvgIpc) is 2.79. The molecule has 0 aliphatic rings. The van der Waals surface area contributed by atoms with Gasteiger partial charge in [0.15, 0.2) is 0 Å². The maximum absolute atomic E-state index is 8.42. The Hall–Kier alpha value is -2.26. The van der Waals surface area contributed by atoms with E-state index in [9.17, 15) is 0 Å². The molecule has 1 aromatic carbocycles. The van der Waals surface area contributed by atoms with E-state index in [4.69, 9.17) is 10.1 Å². The molecular weight excluding hydrogens is 240 g/mol. The summed E-state index contributed by atoms with van der Waals surface area (Å²) in [6, 6.07) is 8.25. The first kappa shape index (κ1) is 13.2. The lowest BCUT2D eigenvalue weighted by Gasteiger charge is -2.02. The van der Waals surface area contributed by atoms with Gasteiger partial charge in [0.05, 0.1) is 6.54 Å². The number of rotatable bonds is 5. The van der Waals surface area contributed by atoms with Crippen LogP contribution in [0.4, 0.5) is 0 Å². The Kier molecular flexibility index (Phi) is 4.21. The van der Waals surface area contributed by atoms with E-state index in [1.54, 1.807) is 0 Å². The molecule has 1 heterocycles. The molecule has 0 aliphatic heterocycles. The third kappa shape index (κ3) is 2.95. The molecule has 0 unspecified atom stereocenters. The molecule has 0 amide bonds. The normalized spacial score (nSPS) is 10.2. The van der Waals surface area contributed by atoms with Crippen molar-refractivity contribution in [1.29, 1.82) is 0 Å². The van der Waals surface area contributed by atoms with Gasteiger partial charge in [0.25, 0.3) is 0 Å². The van der Waals surface area contributed by atoms with Crippen molar-refractivity contribution in [3.63, 3.8) is 0 Å². The van der Waals surface area contributed by atoms with Gasteiger partial charge in [-0.2, -0.15) is 0 Å². The number of benzene rings is 1. The van der Waals surface area contributed by atoms with Crippen LogP contribution in [-0.4, -0.2) is 5.16 Å². The standard InChI is InChI=1S/C14H16N4O/c1-3-4-11-5-7-12(8-6-11)14-13(9-16-18-15)10(2)19-17-14/h5-8H,3-4,9H2,1-2H3. The first-order valence-electron chi connectivity index (χ1n) is 6.31. The Bertz CT molecular complexity index is 594. The molecule has 98 valence electrons. The molecule has 1 aromatic heterocycles. The van der Waals surface area contributed by atoms with Crippen molar-refractivity contribution in [2.45, 2.75) is 33.2 Å². The van der Waals surface area contributed by atoms with Crippen LogP contribution in [0.1, 0.15) is 30.2 Å². The van der Waals surface area contributed by atoms with Crippen molar-refractivity contribution in [2.24, 2.45) is 5.11 Å². The molecule has 0 saturated carbocycles. The van der Waals surface area contributed by atoms with Crippen molar-refractivity contribution in [3.8, 4) is 11.3 Å². The van der Waals surface area contributed by atoms with E-state index in [0.29, 0.717) is 5.76 Å². The molecule has 0 atom stereocenters. The van der Waals surface area contributed by atoms with Crippen molar-refractivity contribution in [3.05, 3.63) is 51.6 Å². The highest BCUT2D eigenvalue weighted by molar-refractivity contribution is 5.63. The van der Waals surface area contributed by atoms with E-state index in [1.807, 2.05) is 19.1 Å². The van der Waals surface area contributed by atoms with Crippen LogP contribution in [-0.2, 0) is 13.0 Å². The third-order valence-corrected chi connectivity index (χ3v) is 3.04. The second-order valence-corrected chi connectivity index (χ2v) is 4.40. The highest BCUT2D eigenvalue weighted by Crippen LogP contribution is 2.26. The first-order chi connectivity index (χ1) is 9.26. The lowest BCUT2D eigenvalue weighted by Crippen LogP contribution is -1.88. The van der Waals surface area contributed by atoms with Gasteiger partial charge in [0, 0.05) is 16.0 Å². The average molecular weight is 256 g/mol. The zero-order chi connectivity index (χ0) is 13.7. The third-order valence-electron chi connectivity index (χ3n) is 3.04. The minimum atomic E-state index is 0.262. The summed E-state index contributed by atoms with van der Waals surface area (Å²) in [7, 11) is 0. The first-order valence-corrected chi connectivity index (χ1v) is 6.31. The SMILES string of the molecule is CCCc1ccc(-c2noc(C)c2CN=[N+]=[N-])cc1. The largest absolute Gasteiger partial charge is 0.361 e. The summed E-state index contributed by atoms with van der Waals surface area (Å²) in [6.45, 7) is 4.25. The molecule has 2 rings (SSSR count). The van der Waals surface area contributed by atoms with Gasteiger partial charge in [0.2, 0.25) is 0 Å². The monoisotopic (exact) mass is 256 g/mol. The van der Waals surface area contributed by atoms with Crippen LogP contribution in [0, 0.1) is 6.92 Å². The van der Waals surface area contributed by atoms with E-state index >= 15 is 0 Å². The van der Waals surface area contributed by atoms with Crippen LogP contribution in [0.2, 0.25) is 0 Å². The number of nitrogens with zero attached hydrogens (tertiary/aromatic N) is 4. The lowest BCUT2D eigenvalue weighted by molar-refractivity contribution is 0.398. The maximum atomic E-state index is 8.42. The second-order valence-electron chi connectivity index (χ2n) is 4.40. The van der Waals surface area contributed by atoms with E-state index in [1.165, 1.54) is 5.56 Å². The maximum Gasteiger partial charge on any atom is 0.137 e. The topological polar surface area (TPSA) is 74.8 Å². The van der Waals surface area contributed by atoms with Gasteiger partial charge in [-0.3, -0.25) is 0 Å². The van der Waals surface area contributed by atoms with Gasteiger partial charge in [-0.15, -0.1) is 0 Å². The number of azide groups is 1. The summed E-state index contributed by atoms with van der Waals surface area (Å²) in [5, 5.41) is 7.65. The Labute approximate surface area is 111 Å². The predicted molar refractivity (Wildman–Crippen MR) is 73.5 cm³/mol. The fraction of sp³-hybridized carbons (Fsp3) is 0.357. The van der Waals surface area contributed by atoms with Gasteiger partial charge >= 0.3 is 0 Å². The summed E-state index contributed by atoms with van der Waals surface area (Å²) in [5.74, 6) is 0.694. The molecule has 0 fully saturated rings. The fourth-order valence-electron chi connectivity index (χ4n) is 2.02. The fourth-order valence-corrected chi connectivity index (χ4v) is 2.02. The van der Waals surface area contributed by atoms with Crippen LogP contribution >= 0.6 is 0 Å². The van der Waals surface area contributed by atoms with Crippen LogP contribution in [0.15, 0.2) is 33.9 Å². The molecule has 0 saturated heterocycles. The predicted octanol–water partition coefficient (Wildman–Crippen LogP) is 4.41. The van der Waals surface area contributed by atoms with Crippen molar-refractivity contribution in [1.82, 2.24) is 5.16 Å². The van der Waals surface area contributed by atoms with Crippen LogP contribution in [0.25, 0.3) is 21.7 Å². The molecular formula is C14H16N4O. The summed E-state index contributed by atoms with van der Waals surface area (Å²) in [4.78, 5) is 2.78. The highest BCUT2D eigenvalue weighted by atomic mass is 16.5. The number of aryl methyl sites for hydroxylation is 2. The van der Waals surface area contributed by atoms with Crippen molar-refractivity contribution in [2.75, 3.05) is 0 Å². The molecule has 0 aliphatic carbocycles. The molecule has 0 spiro atoms. The molecule has 2 aromatic rings. The van der Waals surface area contributed by atoms with Gasteiger partial charge < -0.3 is 4.52 Å². The smallest absolute Gasteiger partial charge is 0.137 e. The number of aromatic nitrogens is 1. The Balaban J connectivity index is 2.33. The summed E-state index contributed by atoms with van der Waals surface area (Å²) < 4.78 is 5.19. The summed E-state index contributed by atoms with van der Waals surface area (Å²) >= 11 is 0.